The minimum Gasteiger partial charge on any atom is -0.486 e. The molecule has 1 saturated carbocycles. The second-order valence-electron chi connectivity index (χ2n) is 4.09. The number of hydrogen-bond donors (Lipinski definition) is 1. The number of rotatable bonds is 4. The van der Waals surface area contributed by atoms with Crippen LogP contribution in [-0.2, 0) is 0 Å². The highest BCUT2D eigenvalue weighted by Gasteiger charge is 2.27. The number of nitrogens with two attached hydrogens (primary N) is 1. The van der Waals surface area contributed by atoms with Gasteiger partial charge in [0.25, 0.3) is 5.91 Å². The molecule has 1 aliphatic carbocycles. The third-order valence-corrected chi connectivity index (χ3v) is 2.38. The zero-order valence-corrected chi connectivity index (χ0v) is 9.43. The summed E-state index contributed by atoms with van der Waals surface area (Å²) in [4.78, 5) is 17.3. The standard InChI is InChI=1S/C11H15N3O2/c1-14(2)11-9(16-7-3-4-7)8(10(12)15)5-6-13-11/h5-7H,3-4H2,1-2H3,(H2,12,15). The second-order valence-corrected chi connectivity index (χ2v) is 4.09. The summed E-state index contributed by atoms with van der Waals surface area (Å²) < 4.78 is 5.71. The minimum atomic E-state index is -0.485. The van der Waals surface area contributed by atoms with Crippen molar-refractivity contribution in [3.8, 4) is 5.75 Å². The Balaban J connectivity index is 2.42. The van der Waals surface area contributed by atoms with Gasteiger partial charge in [-0.05, 0) is 18.9 Å². The van der Waals surface area contributed by atoms with Crippen LogP contribution in [0.5, 0.6) is 5.75 Å². The zero-order chi connectivity index (χ0) is 11.7. The monoisotopic (exact) mass is 221 g/mol. The smallest absolute Gasteiger partial charge is 0.252 e. The Morgan fingerprint density at radius 2 is 2.25 bits per heavy atom. The zero-order valence-electron chi connectivity index (χ0n) is 9.43. The number of carbonyl (C=O) groups is 1. The molecule has 16 heavy (non-hydrogen) atoms. The molecule has 0 atom stereocenters. The molecule has 0 aromatic carbocycles. The molecule has 86 valence electrons. The van der Waals surface area contributed by atoms with Crippen LogP contribution < -0.4 is 15.4 Å². The molecule has 2 rings (SSSR count). The predicted octanol–water partition coefficient (Wildman–Crippen LogP) is 0.788. The molecule has 1 fully saturated rings. The molecule has 0 saturated heterocycles. The van der Waals surface area contributed by atoms with Gasteiger partial charge in [0.05, 0.1) is 11.7 Å². The van der Waals surface area contributed by atoms with Gasteiger partial charge in [0.1, 0.15) is 0 Å². The Morgan fingerprint density at radius 3 is 2.75 bits per heavy atom. The average molecular weight is 221 g/mol. The fraction of sp³-hybridized carbons (Fsp3) is 0.455. The van der Waals surface area contributed by atoms with Crippen molar-refractivity contribution in [3.63, 3.8) is 0 Å². The first-order chi connectivity index (χ1) is 7.59. The molecular formula is C11H15N3O2. The number of pyridine rings is 1. The minimum absolute atomic E-state index is 0.209. The van der Waals surface area contributed by atoms with Crippen LogP contribution in [-0.4, -0.2) is 31.1 Å². The van der Waals surface area contributed by atoms with Crippen molar-refractivity contribution in [2.24, 2.45) is 5.73 Å². The summed E-state index contributed by atoms with van der Waals surface area (Å²) in [6, 6.07) is 1.59. The van der Waals surface area contributed by atoms with Gasteiger partial charge in [-0.3, -0.25) is 4.79 Å². The molecule has 1 heterocycles. The van der Waals surface area contributed by atoms with Gasteiger partial charge in [0.15, 0.2) is 11.6 Å². The molecule has 2 N–H and O–H groups in total. The highest BCUT2D eigenvalue weighted by Crippen LogP contribution is 2.34. The van der Waals surface area contributed by atoms with Crippen LogP contribution in [0.1, 0.15) is 23.2 Å². The van der Waals surface area contributed by atoms with Crippen LogP contribution in [0.2, 0.25) is 0 Å². The molecule has 1 aromatic rings. The van der Waals surface area contributed by atoms with Gasteiger partial charge in [-0.15, -0.1) is 0 Å². The number of nitrogens with zero attached hydrogens (tertiary/aromatic N) is 2. The molecule has 0 aliphatic heterocycles. The fourth-order valence-electron chi connectivity index (χ4n) is 1.42. The van der Waals surface area contributed by atoms with Gasteiger partial charge in [0, 0.05) is 20.3 Å². The van der Waals surface area contributed by atoms with E-state index in [0.717, 1.165) is 12.8 Å². The van der Waals surface area contributed by atoms with Gasteiger partial charge in [-0.1, -0.05) is 0 Å². The summed E-state index contributed by atoms with van der Waals surface area (Å²) in [6.07, 6.45) is 3.83. The van der Waals surface area contributed by atoms with E-state index in [1.807, 2.05) is 19.0 Å². The maximum Gasteiger partial charge on any atom is 0.252 e. The summed E-state index contributed by atoms with van der Waals surface area (Å²) in [5.41, 5.74) is 5.71. The lowest BCUT2D eigenvalue weighted by Gasteiger charge is -2.18. The van der Waals surface area contributed by atoms with Crippen LogP contribution >= 0.6 is 0 Å². The number of anilines is 1. The molecule has 0 radical (unpaired) electrons. The number of aromatic nitrogens is 1. The lowest BCUT2D eigenvalue weighted by Crippen LogP contribution is -2.18. The highest BCUT2D eigenvalue weighted by molar-refractivity contribution is 5.97. The van der Waals surface area contributed by atoms with Crippen molar-refractivity contribution < 1.29 is 9.53 Å². The van der Waals surface area contributed by atoms with E-state index in [9.17, 15) is 4.79 Å². The largest absolute Gasteiger partial charge is 0.486 e. The highest BCUT2D eigenvalue weighted by atomic mass is 16.5. The number of amides is 1. The maximum atomic E-state index is 11.3. The third-order valence-electron chi connectivity index (χ3n) is 2.38. The Labute approximate surface area is 94.2 Å². The molecule has 5 heteroatoms. The molecule has 0 bridgehead atoms. The average Bonchev–Trinajstić information content (AvgIpc) is 3.01. The van der Waals surface area contributed by atoms with Crippen LogP contribution in [0.4, 0.5) is 5.82 Å². The van der Waals surface area contributed by atoms with Crippen LogP contribution in [0, 0.1) is 0 Å². The fourth-order valence-corrected chi connectivity index (χ4v) is 1.42. The number of hydrogen-bond acceptors (Lipinski definition) is 4. The van der Waals surface area contributed by atoms with Crippen molar-refractivity contribution in [2.75, 3.05) is 19.0 Å². The van der Waals surface area contributed by atoms with Crippen molar-refractivity contribution in [1.29, 1.82) is 0 Å². The summed E-state index contributed by atoms with van der Waals surface area (Å²) >= 11 is 0. The van der Waals surface area contributed by atoms with E-state index in [1.54, 1.807) is 12.3 Å². The van der Waals surface area contributed by atoms with Crippen molar-refractivity contribution >= 4 is 11.7 Å². The Kier molecular flexibility index (Phi) is 2.68. The van der Waals surface area contributed by atoms with Crippen molar-refractivity contribution in [3.05, 3.63) is 17.8 Å². The number of carbonyl (C=O) groups excluding carboxylic acids is 1. The summed E-state index contributed by atoms with van der Waals surface area (Å²) in [5, 5.41) is 0. The van der Waals surface area contributed by atoms with Crippen LogP contribution in [0.15, 0.2) is 12.3 Å². The van der Waals surface area contributed by atoms with Gasteiger partial charge < -0.3 is 15.4 Å². The van der Waals surface area contributed by atoms with E-state index in [2.05, 4.69) is 4.98 Å². The first-order valence-electron chi connectivity index (χ1n) is 5.22. The summed E-state index contributed by atoms with van der Waals surface area (Å²) in [7, 11) is 3.71. The summed E-state index contributed by atoms with van der Waals surface area (Å²) in [5.74, 6) is 0.659. The van der Waals surface area contributed by atoms with E-state index < -0.39 is 5.91 Å². The molecule has 1 aromatic heterocycles. The molecular weight excluding hydrogens is 206 g/mol. The normalized spacial score (nSPS) is 14.6. The van der Waals surface area contributed by atoms with Gasteiger partial charge in [0.2, 0.25) is 0 Å². The molecule has 5 nitrogen and oxygen atoms in total. The molecule has 0 spiro atoms. The van der Waals surface area contributed by atoms with E-state index in [1.165, 1.54) is 0 Å². The van der Waals surface area contributed by atoms with Crippen molar-refractivity contribution in [2.45, 2.75) is 18.9 Å². The second kappa shape index (κ2) is 4.00. The summed E-state index contributed by atoms with van der Waals surface area (Å²) in [6.45, 7) is 0. The lowest BCUT2D eigenvalue weighted by molar-refractivity contribution is 0.0996. The van der Waals surface area contributed by atoms with Crippen molar-refractivity contribution in [1.82, 2.24) is 4.98 Å². The molecule has 1 aliphatic rings. The lowest BCUT2D eigenvalue weighted by atomic mass is 10.2. The predicted molar refractivity (Wildman–Crippen MR) is 60.7 cm³/mol. The van der Waals surface area contributed by atoms with Crippen LogP contribution in [0.3, 0.4) is 0 Å². The quantitative estimate of drug-likeness (QED) is 0.816. The first kappa shape index (κ1) is 10.7. The topological polar surface area (TPSA) is 68.5 Å². The Hall–Kier alpha value is -1.78. The Bertz CT molecular complexity index is 414. The van der Waals surface area contributed by atoms with E-state index >= 15 is 0 Å². The van der Waals surface area contributed by atoms with Crippen LogP contribution in [0.25, 0.3) is 0 Å². The van der Waals surface area contributed by atoms with Gasteiger partial charge >= 0.3 is 0 Å². The van der Waals surface area contributed by atoms with E-state index in [4.69, 9.17) is 10.5 Å². The molecule has 0 unspecified atom stereocenters. The van der Waals surface area contributed by atoms with E-state index in [0.29, 0.717) is 17.1 Å². The van der Waals surface area contributed by atoms with Gasteiger partial charge in [-0.25, -0.2) is 4.98 Å². The number of primary amides is 1. The maximum absolute atomic E-state index is 11.3. The van der Waals surface area contributed by atoms with E-state index in [-0.39, 0.29) is 6.10 Å². The van der Waals surface area contributed by atoms with Gasteiger partial charge in [-0.2, -0.15) is 0 Å². The molecule has 1 amide bonds. The third kappa shape index (κ3) is 2.08. The SMILES string of the molecule is CN(C)c1nccc(C(N)=O)c1OC1CC1. The Morgan fingerprint density at radius 1 is 1.56 bits per heavy atom. The number of ether oxygens (including phenoxy) is 1. The first-order valence-corrected chi connectivity index (χ1v) is 5.22.